The van der Waals surface area contributed by atoms with Gasteiger partial charge in [-0.25, -0.2) is 4.98 Å². The van der Waals surface area contributed by atoms with Gasteiger partial charge in [-0.3, -0.25) is 4.79 Å². The monoisotopic (exact) mass is 471 g/mol. The second-order valence-corrected chi connectivity index (χ2v) is 9.03. The molecule has 1 aliphatic rings. The number of phenolic OH excluding ortho intramolecular Hbond substituents is 1. The first-order chi connectivity index (χ1) is 17.0. The van der Waals surface area contributed by atoms with Gasteiger partial charge in [0.2, 0.25) is 5.95 Å². The van der Waals surface area contributed by atoms with Crippen molar-refractivity contribution in [3.05, 3.63) is 72.1 Å². The van der Waals surface area contributed by atoms with Crippen molar-refractivity contribution in [2.24, 2.45) is 11.5 Å². The molecule has 1 aliphatic carbocycles. The van der Waals surface area contributed by atoms with Gasteiger partial charge in [0.05, 0.1) is 5.52 Å². The van der Waals surface area contributed by atoms with E-state index in [4.69, 9.17) is 11.5 Å². The Hall–Kier alpha value is -4.11. The first-order valence-corrected chi connectivity index (χ1v) is 11.8. The molecule has 0 spiro atoms. The third-order valence-corrected chi connectivity index (χ3v) is 6.51. The Labute approximate surface area is 203 Å². The minimum atomic E-state index is -0.606. The number of fused-ring (bicyclic) bond motifs is 1. The maximum absolute atomic E-state index is 12.1. The molecule has 1 amide bonds. The van der Waals surface area contributed by atoms with Gasteiger partial charge in [-0.15, -0.1) is 0 Å². The summed E-state index contributed by atoms with van der Waals surface area (Å²) >= 11 is 0. The highest BCUT2D eigenvalue weighted by atomic mass is 16.3. The molecule has 1 saturated carbocycles. The van der Waals surface area contributed by atoms with Crippen LogP contribution in [0.3, 0.4) is 0 Å². The first kappa shape index (κ1) is 22.7. The summed E-state index contributed by atoms with van der Waals surface area (Å²) in [5.41, 5.74) is 14.9. The molecule has 35 heavy (non-hydrogen) atoms. The molecule has 4 aromatic rings. The van der Waals surface area contributed by atoms with E-state index in [-0.39, 0.29) is 23.4 Å². The van der Waals surface area contributed by atoms with Crippen LogP contribution in [-0.4, -0.2) is 37.6 Å². The van der Waals surface area contributed by atoms with Crippen LogP contribution < -0.4 is 22.1 Å². The molecule has 2 heterocycles. The number of aromatic nitrogens is 3. The molecule has 0 aliphatic heterocycles. The van der Waals surface area contributed by atoms with Crippen molar-refractivity contribution in [1.29, 1.82) is 0 Å². The first-order valence-electron chi connectivity index (χ1n) is 11.8. The molecular formula is C26H29N7O2. The number of anilines is 3. The van der Waals surface area contributed by atoms with E-state index in [1.807, 2.05) is 36.5 Å². The van der Waals surface area contributed by atoms with Crippen LogP contribution in [0, 0.1) is 0 Å². The van der Waals surface area contributed by atoms with Crippen LogP contribution in [0.15, 0.2) is 60.9 Å². The largest absolute Gasteiger partial charge is 0.508 e. The Kier molecular flexibility index (Phi) is 6.24. The molecule has 1 fully saturated rings. The number of primary amides is 1. The minimum absolute atomic E-state index is 0.0448. The smallest absolute Gasteiger partial charge is 0.254 e. The van der Waals surface area contributed by atoms with Crippen molar-refractivity contribution >= 4 is 34.3 Å². The summed E-state index contributed by atoms with van der Waals surface area (Å²) < 4.78 is 2.12. The SMILES string of the molecule is NC(=O)c1cnc(NC2CCCCC2N)nc1Nc1ccc2ccn(Cc3ccc(O)cc3)c2c1. The van der Waals surface area contributed by atoms with Gasteiger partial charge in [0, 0.05) is 36.7 Å². The molecule has 9 heteroatoms. The van der Waals surface area contributed by atoms with Gasteiger partial charge in [0.25, 0.3) is 5.91 Å². The minimum Gasteiger partial charge on any atom is -0.508 e. The lowest BCUT2D eigenvalue weighted by molar-refractivity contribution is 0.100. The number of amides is 1. The topological polar surface area (TPSA) is 144 Å². The van der Waals surface area contributed by atoms with E-state index in [0.717, 1.165) is 47.8 Å². The highest BCUT2D eigenvalue weighted by Gasteiger charge is 2.23. The summed E-state index contributed by atoms with van der Waals surface area (Å²) in [6.07, 6.45) is 7.63. The van der Waals surface area contributed by atoms with Crippen LogP contribution in [0.4, 0.5) is 17.5 Å². The predicted molar refractivity (Wildman–Crippen MR) is 137 cm³/mol. The molecule has 2 aromatic carbocycles. The van der Waals surface area contributed by atoms with Crippen molar-refractivity contribution in [2.45, 2.75) is 44.3 Å². The van der Waals surface area contributed by atoms with Crippen molar-refractivity contribution in [3.63, 3.8) is 0 Å². The molecule has 2 atom stereocenters. The Morgan fingerprint density at radius 3 is 2.69 bits per heavy atom. The molecule has 2 unspecified atom stereocenters. The zero-order chi connectivity index (χ0) is 24.4. The average molecular weight is 472 g/mol. The lowest BCUT2D eigenvalue weighted by Gasteiger charge is -2.29. The van der Waals surface area contributed by atoms with Gasteiger partial charge in [-0.05, 0) is 54.1 Å². The van der Waals surface area contributed by atoms with E-state index < -0.39 is 5.91 Å². The van der Waals surface area contributed by atoms with Gasteiger partial charge < -0.3 is 31.8 Å². The molecule has 5 rings (SSSR count). The van der Waals surface area contributed by atoms with Crippen LogP contribution in [0.5, 0.6) is 5.75 Å². The quantitative estimate of drug-likeness (QED) is 0.276. The lowest BCUT2D eigenvalue weighted by atomic mass is 9.91. The summed E-state index contributed by atoms with van der Waals surface area (Å²) in [6.45, 7) is 0.656. The number of carbonyl (C=O) groups excluding carboxylic acids is 1. The van der Waals surface area contributed by atoms with Crippen LogP contribution in [0.2, 0.25) is 0 Å². The zero-order valence-electron chi connectivity index (χ0n) is 19.3. The summed E-state index contributed by atoms with van der Waals surface area (Å²) in [4.78, 5) is 20.9. The standard InChI is InChI=1S/C26H29N7O2/c27-21-3-1-2-4-22(21)31-26-29-14-20(24(28)35)25(32-26)30-18-8-7-17-11-12-33(23(17)13-18)15-16-5-9-19(34)10-6-16/h5-14,21-22,34H,1-4,15,27H2,(H2,28,35)(H2,29,30,31,32). The molecule has 0 bridgehead atoms. The fourth-order valence-electron chi connectivity index (χ4n) is 4.57. The molecule has 9 nitrogen and oxygen atoms in total. The van der Waals surface area contributed by atoms with E-state index in [1.165, 1.54) is 6.20 Å². The average Bonchev–Trinajstić information content (AvgIpc) is 3.24. The third kappa shape index (κ3) is 5.04. The Bertz CT molecular complexity index is 1350. The molecule has 0 saturated heterocycles. The van der Waals surface area contributed by atoms with Crippen LogP contribution in [0.25, 0.3) is 10.9 Å². The van der Waals surface area contributed by atoms with E-state index in [1.54, 1.807) is 12.1 Å². The zero-order valence-corrected chi connectivity index (χ0v) is 19.3. The summed E-state index contributed by atoms with van der Waals surface area (Å²) in [5, 5.41) is 17.2. The van der Waals surface area contributed by atoms with Gasteiger partial charge in [0.15, 0.2) is 0 Å². The maximum Gasteiger partial charge on any atom is 0.254 e. The summed E-state index contributed by atoms with van der Waals surface area (Å²) in [6, 6.07) is 15.3. The van der Waals surface area contributed by atoms with Crippen molar-refractivity contribution in [3.8, 4) is 5.75 Å². The molecular weight excluding hydrogens is 442 g/mol. The molecule has 0 radical (unpaired) electrons. The van der Waals surface area contributed by atoms with E-state index in [0.29, 0.717) is 18.3 Å². The number of phenols is 1. The maximum atomic E-state index is 12.1. The Balaban J connectivity index is 1.41. The van der Waals surface area contributed by atoms with E-state index in [2.05, 4.69) is 31.2 Å². The van der Waals surface area contributed by atoms with Gasteiger partial charge >= 0.3 is 0 Å². The second-order valence-electron chi connectivity index (χ2n) is 9.03. The number of hydrogen-bond acceptors (Lipinski definition) is 7. The second kappa shape index (κ2) is 9.63. The Morgan fingerprint density at radius 1 is 1.11 bits per heavy atom. The fraction of sp³-hybridized carbons (Fsp3) is 0.269. The number of benzene rings is 2. The van der Waals surface area contributed by atoms with Gasteiger partial charge in [0.1, 0.15) is 17.1 Å². The molecule has 7 N–H and O–H groups in total. The normalized spacial score (nSPS) is 17.9. The number of aromatic hydroxyl groups is 1. The highest BCUT2D eigenvalue weighted by molar-refractivity contribution is 5.98. The van der Waals surface area contributed by atoms with Crippen molar-refractivity contribution < 1.29 is 9.90 Å². The van der Waals surface area contributed by atoms with Crippen LogP contribution in [0.1, 0.15) is 41.6 Å². The van der Waals surface area contributed by atoms with E-state index in [9.17, 15) is 9.90 Å². The van der Waals surface area contributed by atoms with Gasteiger partial charge in [-0.2, -0.15) is 4.98 Å². The number of rotatable bonds is 7. The van der Waals surface area contributed by atoms with Crippen LogP contribution in [-0.2, 0) is 6.54 Å². The van der Waals surface area contributed by atoms with Gasteiger partial charge in [-0.1, -0.05) is 31.0 Å². The number of hydrogen-bond donors (Lipinski definition) is 5. The lowest BCUT2D eigenvalue weighted by Crippen LogP contribution is -2.43. The third-order valence-electron chi connectivity index (χ3n) is 6.51. The number of carbonyl (C=O) groups is 1. The number of nitrogens with one attached hydrogen (secondary N) is 2. The van der Waals surface area contributed by atoms with Crippen LogP contribution >= 0.6 is 0 Å². The number of nitrogens with two attached hydrogens (primary N) is 2. The number of nitrogens with zero attached hydrogens (tertiary/aromatic N) is 3. The fourth-order valence-corrected chi connectivity index (χ4v) is 4.57. The Morgan fingerprint density at radius 2 is 1.91 bits per heavy atom. The summed E-state index contributed by atoms with van der Waals surface area (Å²) in [5.74, 6) is 0.393. The van der Waals surface area contributed by atoms with Crippen molar-refractivity contribution in [1.82, 2.24) is 14.5 Å². The van der Waals surface area contributed by atoms with Crippen molar-refractivity contribution in [2.75, 3.05) is 10.6 Å². The highest BCUT2D eigenvalue weighted by Crippen LogP contribution is 2.26. The van der Waals surface area contributed by atoms with E-state index >= 15 is 0 Å². The predicted octanol–water partition coefficient (Wildman–Crippen LogP) is 3.71. The molecule has 2 aromatic heterocycles. The summed E-state index contributed by atoms with van der Waals surface area (Å²) in [7, 11) is 0. The molecule has 180 valence electrons.